The number of aliphatic hydroxyl groups is 1. The van der Waals surface area contributed by atoms with Gasteiger partial charge >= 0.3 is 0 Å². The van der Waals surface area contributed by atoms with E-state index >= 15 is 0 Å². The summed E-state index contributed by atoms with van der Waals surface area (Å²) in [6.07, 6.45) is 0. The van der Waals surface area contributed by atoms with Crippen LogP contribution >= 0.6 is 0 Å². The summed E-state index contributed by atoms with van der Waals surface area (Å²) in [6.45, 7) is 1.90. The van der Waals surface area contributed by atoms with Gasteiger partial charge in [0.15, 0.2) is 0 Å². The van der Waals surface area contributed by atoms with E-state index in [0.717, 1.165) is 22.6 Å². The van der Waals surface area contributed by atoms with Gasteiger partial charge in [-0.15, -0.1) is 0 Å². The molecule has 1 atom stereocenters. The van der Waals surface area contributed by atoms with E-state index in [1.54, 1.807) is 19.2 Å². The van der Waals surface area contributed by atoms with Crippen LogP contribution in [0.3, 0.4) is 0 Å². The van der Waals surface area contributed by atoms with Gasteiger partial charge in [-0.25, -0.2) is 4.39 Å². The fourth-order valence-corrected chi connectivity index (χ4v) is 2.10. The number of hydrogen-bond donors (Lipinski definition) is 2. The molecule has 0 fully saturated rings. The summed E-state index contributed by atoms with van der Waals surface area (Å²) in [5.41, 5.74) is 2.72. The molecule has 106 valence electrons. The van der Waals surface area contributed by atoms with Crippen molar-refractivity contribution in [1.82, 2.24) is 0 Å². The van der Waals surface area contributed by atoms with Crippen LogP contribution in [0.5, 0.6) is 5.75 Å². The Hall–Kier alpha value is -2.07. The molecule has 0 saturated carbocycles. The third-order valence-corrected chi connectivity index (χ3v) is 3.19. The maximum Gasteiger partial charge on any atom is 0.123 e. The van der Waals surface area contributed by atoms with Gasteiger partial charge in [-0.05, 0) is 48.4 Å². The van der Waals surface area contributed by atoms with Crippen LogP contribution in [0.15, 0.2) is 42.5 Å². The maximum absolute atomic E-state index is 12.9. The van der Waals surface area contributed by atoms with Crippen LogP contribution in [-0.2, 0) is 0 Å². The molecule has 0 aliphatic rings. The van der Waals surface area contributed by atoms with E-state index in [9.17, 15) is 9.50 Å². The Morgan fingerprint density at radius 1 is 1.20 bits per heavy atom. The van der Waals surface area contributed by atoms with E-state index in [2.05, 4.69) is 5.32 Å². The number of hydrogen-bond acceptors (Lipinski definition) is 3. The zero-order chi connectivity index (χ0) is 14.5. The van der Waals surface area contributed by atoms with Crippen LogP contribution in [-0.4, -0.2) is 18.8 Å². The largest absolute Gasteiger partial charge is 0.496 e. The third kappa shape index (κ3) is 3.27. The monoisotopic (exact) mass is 275 g/mol. The van der Waals surface area contributed by atoms with Crippen LogP contribution < -0.4 is 10.1 Å². The van der Waals surface area contributed by atoms with Gasteiger partial charge in [0.25, 0.3) is 0 Å². The molecule has 1 unspecified atom stereocenters. The minimum Gasteiger partial charge on any atom is -0.496 e. The van der Waals surface area contributed by atoms with Crippen LogP contribution in [0.1, 0.15) is 17.2 Å². The van der Waals surface area contributed by atoms with E-state index in [-0.39, 0.29) is 18.5 Å². The number of aryl methyl sites for hydroxylation is 1. The average molecular weight is 275 g/mol. The maximum atomic E-state index is 12.9. The number of anilines is 1. The van der Waals surface area contributed by atoms with Crippen LogP contribution in [0.2, 0.25) is 0 Å². The molecule has 0 aliphatic heterocycles. The van der Waals surface area contributed by atoms with Gasteiger partial charge in [-0.3, -0.25) is 0 Å². The van der Waals surface area contributed by atoms with Crippen molar-refractivity contribution >= 4 is 5.69 Å². The fraction of sp³-hybridized carbons (Fsp3) is 0.250. The highest BCUT2D eigenvalue weighted by molar-refractivity contribution is 5.47. The predicted molar refractivity (Wildman–Crippen MR) is 77.6 cm³/mol. The standard InChI is InChI=1S/C16H18FNO2/c1-11-9-12(3-8-16(11)20-2)15(10-19)18-14-6-4-13(17)5-7-14/h3-9,15,18-19H,10H2,1-2H3. The minimum absolute atomic E-state index is 0.0524. The highest BCUT2D eigenvalue weighted by Crippen LogP contribution is 2.25. The van der Waals surface area contributed by atoms with Crippen LogP contribution in [0, 0.1) is 12.7 Å². The number of methoxy groups -OCH3 is 1. The summed E-state index contributed by atoms with van der Waals surface area (Å²) in [6, 6.07) is 11.6. The van der Waals surface area contributed by atoms with Crippen molar-refractivity contribution in [3.63, 3.8) is 0 Å². The summed E-state index contributed by atoms with van der Waals surface area (Å²) >= 11 is 0. The molecule has 2 aromatic rings. The SMILES string of the molecule is COc1ccc(C(CO)Nc2ccc(F)cc2)cc1C. The number of nitrogens with one attached hydrogen (secondary N) is 1. The Balaban J connectivity index is 2.19. The highest BCUT2D eigenvalue weighted by Gasteiger charge is 2.12. The lowest BCUT2D eigenvalue weighted by molar-refractivity contribution is 0.276. The van der Waals surface area contributed by atoms with Gasteiger partial charge in [0, 0.05) is 5.69 Å². The first-order valence-electron chi connectivity index (χ1n) is 6.41. The molecule has 0 heterocycles. The smallest absolute Gasteiger partial charge is 0.123 e. The summed E-state index contributed by atoms with van der Waals surface area (Å²) in [5.74, 6) is 0.531. The second-order valence-corrected chi connectivity index (χ2v) is 4.62. The third-order valence-electron chi connectivity index (χ3n) is 3.19. The summed E-state index contributed by atoms with van der Waals surface area (Å²) < 4.78 is 18.1. The van der Waals surface area contributed by atoms with Gasteiger partial charge in [0.1, 0.15) is 11.6 Å². The Labute approximate surface area is 118 Å². The molecule has 2 aromatic carbocycles. The molecule has 2 N–H and O–H groups in total. The summed E-state index contributed by atoms with van der Waals surface area (Å²) in [7, 11) is 1.63. The molecule has 3 nitrogen and oxygen atoms in total. The van der Waals surface area contributed by atoms with Gasteiger partial charge < -0.3 is 15.2 Å². The Morgan fingerprint density at radius 2 is 1.90 bits per heavy atom. The van der Waals surface area contributed by atoms with Gasteiger partial charge in [-0.1, -0.05) is 12.1 Å². The molecule has 0 spiro atoms. The number of aliphatic hydroxyl groups excluding tert-OH is 1. The average Bonchev–Trinajstić information content (AvgIpc) is 2.46. The van der Waals surface area contributed by atoms with Crippen molar-refractivity contribution in [2.75, 3.05) is 19.0 Å². The second-order valence-electron chi connectivity index (χ2n) is 4.62. The van der Waals surface area contributed by atoms with E-state index < -0.39 is 0 Å². The van der Waals surface area contributed by atoms with E-state index in [4.69, 9.17) is 4.74 Å². The Morgan fingerprint density at radius 3 is 2.45 bits per heavy atom. The number of rotatable bonds is 5. The lowest BCUT2D eigenvalue weighted by atomic mass is 10.0. The lowest BCUT2D eigenvalue weighted by Gasteiger charge is -2.19. The van der Waals surface area contributed by atoms with Gasteiger partial charge in [-0.2, -0.15) is 0 Å². The lowest BCUT2D eigenvalue weighted by Crippen LogP contribution is -2.15. The molecule has 0 aromatic heterocycles. The number of ether oxygens (including phenoxy) is 1. The zero-order valence-corrected chi connectivity index (χ0v) is 11.6. The molecule has 20 heavy (non-hydrogen) atoms. The van der Waals surface area contributed by atoms with E-state index in [1.165, 1.54) is 12.1 Å². The Kier molecular flexibility index (Phi) is 4.58. The first kappa shape index (κ1) is 14.3. The van der Waals surface area contributed by atoms with Gasteiger partial charge in [0.05, 0.1) is 19.8 Å². The minimum atomic E-state index is -0.281. The fourth-order valence-electron chi connectivity index (χ4n) is 2.10. The molecule has 0 bridgehead atoms. The normalized spacial score (nSPS) is 12.0. The molecule has 0 aliphatic carbocycles. The van der Waals surface area contributed by atoms with Crippen molar-refractivity contribution in [2.45, 2.75) is 13.0 Å². The van der Waals surface area contributed by atoms with Crippen molar-refractivity contribution in [3.05, 3.63) is 59.4 Å². The second kappa shape index (κ2) is 6.39. The van der Waals surface area contributed by atoms with E-state index in [1.807, 2.05) is 25.1 Å². The Bertz CT molecular complexity index is 569. The molecule has 2 rings (SSSR count). The van der Waals surface area contributed by atoms with Crippen LogP contribution in [0.25, 0.3) is 0 Å². The first-order chi connectivity index (χ1) is 9.63. The zero-order valence-electron chi connectivity index (χ0n) is 11.6. The molecular weight excluding hydrogens is 257 g/mol. The first-order valence-corrected chi connectivity index (χ1v) is 6.41. The number of benzene rings is 2. The van der Waals surface area contributed by atoms with E-state index in [0.29, 0.717) is 0 Å². The molecule has 0 saturated heterocycles. The summed E-state index contributed by atoms with van der Waals surface area (Å²) in [4.78, 5) is 0. The quantitative estimate of drug-likeness (QED) is 0.879. The van der Waals surface area contributed by atoms with Crippen molar-refractivity contribution in [1.29, 1.82) is 0 Å². The molecule has 4 heteroatoms. The topological polar surface area (TPSA) is 41.5 Å². The van der Waals surface area contributed by atoms with Crippen molar-refractivity contribution in [3.8, 4) is 5.75 Å². The van der Waals surface area contributed by atoms with Crippen molar-refractivity contribution in [2.24, 2.45) is 0 Å². The van der Waals surface area contributed by atoms with Crippen LogP contribution in [0.4, 0.5) is 10.1 Å². The van der Waals surface area contributed by atoms with Gasteiger partial charge in [0.2, 0.25) is 0 Å². The number of halogens is 1. The molecule has 0 amide bonds. The predicted octanol–water partition coefficient (Wildman–Crippen LogP) is 3.29. The van der Waals surface area contributed by atoms with Crippen molar-refractivity contribution < 1.29 is 14.2 Å². The summed E-state index contributed by atoms with van der Waals surface area (Å²) in [5, 5.41) is 12.7. The molecular formula is C16H18FNO2. The highest BCUT2D eigenvalue weighted by atomic mass is 19.1. The molecule has 0 radical (unpaired) electrons.